The highest BCUT2D eigenvalue weighted by Crippen LogP contribution is 2.42. The summed E-state index contributed by atoms with van der Waals surface area (Å²) < 4.78 is 50.3. The number of nitrogens with one attached hydrogen (secondary N) is 3. The van der Waals surface area contributed by atoms with E-state index in [-0.39, 0.29) is 50.7 Å². The largest absolute Gasteiger partial charge is 0.468 e. The van der Waals surface area contributed by atoms with Gasteiger partial charge in [-0.05, 0) is 68.4 Å². The molecule has 228 valence electrons. The number of anilines is 2. The maximum Gasteiger partial charge on any atom is 0.416 e. The summed E-state index contributed by atoms with van der Waals surface area (Å²) >= 11 is 7.10. The molecule has 0 spiro atoms. The molecule has 1 atom stereocenters. The highest BCUT2D eigenvalue weighted by molar-refractivity contribution is 8.03. The topological polar surface area (TPSA) is 133 Å². The lowest BCUT2D eigenvalue weighted by atomic mass is 9.85. The van der Waals surface area contributed by atoms with Gasteiger partial charge in [0, 0.05) is 11.4 Å². The van der Waals surface area contributed by atoms with Gasteiger partial charge < -0.3 is 25.1 Å². The van der Waals surface area contributed by atoms with Crippen molar-refractivity contribution in [1.29, 1.82) is 5.26 Å². The van der Waals surface area contributed by atoms with Crippen LogP contribution in [0.5, 0.6) is 0 Å². The van der Waals surface area contributed by atoms with Gasteiger partial charge >= 0.3 is 12.1 Å². The first-order valence-corrected chi connectivity index (χ1v) is 14.3. The molecule has 2 heterocycles. The molecular formula is C30H24ClF3N4O5S. The highest BCUT2D eigenvalue weighted by atomic mass is 35.5. The third-order valence-corrected chi connectivity index (χ3v) is 7.64. The molecule has 0 radical (unpaired) electrons. The molecular weight excluding hydrogens is 621 g/mol. The smallest absolute Gasteiger partial charge is 0.416 e. The van der Waals surface area contributed by atoms with Gasteiger partial charge in [0.1, 0.15) is 5.76 Å². The van der Waals surface area contributed by atoms with Crippen LogP contribution in [0.25, 0.3) is 0 Å². The van der Waals surface area contributed by atoms with Gasteiger partial charge in [0.25, 0.3) is 5.91 Å². The number of thioether (sulfide) groups is 1. The number of dihydropyridines is 1. The lowest BCUT2D eigenvalue weighted by Crippen LogP contribution is -2.31. The lowest BCUT2D eigenvalue weighted by molar-refractivity contribution is -0.137. The van der Waals surface area contributed by atoms with E-state index in [1.54, 1.807) is 38.1 Å². The molecule has 0 aliphatic carbocycles. The molecule has 3 N–H and O–H groups in total. The fourth-order valence-corrected chi connectivity index (χ4v) is 5.35. The Morgan fingerprint density at radius 3 is 2.48 bits per heavy atom. The summed E-state index contributed by atoms with van der Waals surface area (Å²) in [6.45, 7) is 3.48. The molecule has 1 aliphatic heterocycles. The van der Waals surface area contributed by atoms with Gasteiger partial charge in [0.15, 0.2) is 0 Å². The minimum atomic E-state index is -4.66. The third-order valence-electron chi connectivity index (χ3n) is 6.29. The Bertz CT molecular complexity index is 1680. The van der Waals surface area contributed by atoms with E-state index in [4.69, 9.17) is 20.8 Å². The van der Waals surface area contributed by atoms with Crippen molar-refractivity contribution in [3.8, 4) is 6.07 Å². The zero-order valence-corrected chi connectivity index (χ0v) is 24.7. The SMILES string of the molecule is CCOC(=O)c1ccc(NC(=O)CSC2=C(C#N)C(c3ccco3)C(C(=O)Nc3cc(C(F)(F)F)ccc3Cl)=C(C)N2)cc1. The molecule has 0 fully saturated rings. The summed E-state index contributed by atoms with van der Waals surface area (Å²) in [6.07, 6.45) is -3.31. The molecule has 4 rings (SSSR count). The van der Waals surface area contributed by atoms with Gasteiger partial charge in [0.2, 0.25) is 5.91 Å². The standard InChI is InChI=1S/C30H24ClF3N4O5S/c1-3-42-29(41)17-6-9-19(10-7-17)37-24(39)15-44-28-20(14-35)26(23-5-4-12-43-23)25(16(2)36-28)27(40)38-22-13-18(30(32,33)34)8-11-21(22)31/h4-13,26,36H,3,15H2,1-2H3,(H,37,39)(H,38,40). The number of esters is 1. The predicted molar refractivity (Wildman–Crippen MR) is 158 cm³/mol. The molecule has 2 aromatic carbocycles. The van der Waals surface area contributed by atoms with E-state index >= 15 is 0 Å². The number of alkyl halides is 3. The molecule has 9 nitrogen and oxygen atoms in total. The van der Waals surface area contributed by atoms with Crippen LogP contribution in [-0.4, -0.2) is 30.1 Å². The monoisotopic (exact) mass is 644 g/mol. The van der Waals surface area contributed by atoms with Crippen molar-refractivity contribution < 1.29 is 36.7 Å². The van der Waals surface area contributed by atoms with Crippen molar-refractivity contribution in [1.82, 2.24) is 5.32 Å². The van der Waals surface area contributed by atoms with Crippen LogP contribution in [-0.2, 0) is 20.5 Å². The summed E-state index contributed by atoms with van der Waals surface area (Å²) in [5, 5.41) is 18.4. The van der Waals surface area contributed by atoms with E-state index in [2.05, 4.69) is 22.0 Å². The van der Waals surface area contributed by atoms with Gasteiger partial charge in [-0.3, -0.25) is 9.59 Å². The van der Waals surface area contributed by atoms with Crippen LogP contribution in [0.15, 0.2) is 87.1 Å². The lowest BCUT2D eigenvalue weighted by Gasteiger charge is -2.28. The Labute approximate surface area is 259 Å². The van der Waals surface area contributed by atoms with Crippen LogP contribution in [0.1, 0.15) is 41.4 Å². The summed E-state index contributed by atoms with van der Waals surface area (Å²) in [6, 6.07) is 13.9. The first kappa shape index (κ1) is 32.2. The molecule has 1 aliphatic rings. The van der Waals surface area contributed by atoms with E-state index in [1.807, 2.05) is 0 Å². The van der Waals surface area contributed by atoms with Crippen LogP contribution < -0.4 is 16.0 Å². The maximum atomic E-state index is 13.5. The molecule has 2 amide bonds. The molecule has 0 bridgehead atoms. The van der Waals surface area contributed by atoms with Gasteiger partial charge in [0.05, 0.1) is 68.6 Å². The summed E-state index contributed by atoms with van der Waals surface area (Å²) in [5.74, 6) is -2.65. The van der Waals surface area contributed by atoms with Gasteiger partial charge in [-0.25, -0.2) is 4.79 Å². The maximum absolute atomic E-state index is 13.5. The molecule has 44 heavy (non-hydrogen) atoms. The minimum Gasteiger partial charge on any atom is -0.468 e. The number of benzene rings is 2. The second-order valence-electron chi connectivity index (χ2n) is 9.25. The van der Waals surface area contributed by atoms with E-state index < -0.39 is 35.4 Å². The zero-order valence-electron chi connectivity index (χ0n) is 23.2. The summed E-state index contributed by atoms with van der Waals surface area (Å²) in [4.78, 5) is 38.1. The van der Waals surface area contributed by atoms with Crippen molar-refractivity contribution in [2.24, 2.45) is 0 Å². The molecule has 3 aromatic rings. The number of nitrogens with zero attached hydrogens (tertiary/aromatic N) is 1. The number of furan rings is 1. The number of nitriles is 1. The van der Waals surface area contributed by atoms with E-state index in [1.165, 1.54) is 18.4 Å². The highest BCUT2D eigenvalue weighted by Gasteiger charge is 2.37. The Kier molecular flexibility index (Phi) is 10.1. The number of ether oxygens (including phenoxy) is 1. The number of amides is 2. The second-order valence-corrected chi connectivity index (χ2v) is 10.6. The predicted octanol–water partition coefficient (Wildman–Crippen LogP) is 6.84. The van der Waals surface area contributed by atoms with E-state index in [0.29, 0.717) is 11.3 Å². The quantitative estimate of drug-likeness (QED) is 0.216. The van der Waals surface area contributed by atoms with E-state index in [9.17, 15) is 32.8 Å². The van der Waals surface area contributed by atoms with Gasteiger partial charge in [-0.15, -0.1) is 0 Å². The van der Waals surface area contributed by atoms with Crippen LogP contribution in [0.4, 0.5) is 24.5 Å². The molecule has 1 unspecified atom stereocenters. The Morgan fingerprint density at radius 2 is 1.86 bits per heavy atom. The van der Waals surface area contributed by atoms with Crippen molar-refractivity contribution in [3.63, 3.8) is 0 Å². The normalized spacial score (nSPS) is 14.9. The number of hydrogen-bond donors (Lipinski definition) is 3. The first-order chi connectivity index (χ1) is 20.9. The number of allylic oxidation sites excluding steroid dienone is 2. The van der Waals surface area contributed by atoms with Gasteiger partial charge in [-0.1, -0.05) is 23.4 Å². The molecule has 0 saturated heterocycles. The molecule has 1 aromatic heterocycles. The third kappa shape index (κ3) is 7.45. The molecule has 0 saturated carbocycles. The Morgan fingerprint density at radius 1 is 1.14 bits per heavy atom. The summed E-state index contributed by atoms with van der Waals surface area (Å²) in [7, 11) is 0. The average Bonchev–Trinajstić information content (AvgIpc) is 3.51. The van der Waals surface area contributed by atoms with Crippen LogP contribution in [0.2, 0.25) is 5.02 Å². The van der Waals surface area contributed by atoms with Crippen LogP contribution in [0.3, 0.4) is 0 Å². The minimum absolute atomic E-state index is 0.0143. The van der Waals surface area contributed by atoms with Crippen molar-refractivity contribution in [3.05, 3.63) is 105 Å². The fourth-order valence-electron chi connectivity index (χ4n) is 4.29. The van der Waals surface area contributed by atoms with Crippen LogP contribution >= 0.6 is 23.4 Å². The fraction of sp³-hybridized carbons (Fsp3) is 0.200. The zero-order chi connectivity index (χ0) is 32.0. The Hall–Kier alpha value is -4.67. The number of rotatable bonds is 9. The first-order valence-electron chi connectivity index (χ1n) is 13.0. The Balaban J connectivity index is 1.54. The van der Waals surface area contributed by atoms with E-state index in [0.717, 1.165) is 30.0 Å². The number of halogens is 4. The summed E-state index contributed by atoms with van der Waals surface area (Å²) in [5.41, 5.74) is -0.148. The number of hydrogen-bond acceptors (Lipinski definition) is 8. The van der Waals surface area contributed by atoms with Crippen molar-refractivity contribution >= 4 is 52.5 Å². The van der Waals surface area contributed by atoms with Crippen molar-refractivity contribution in [2.45, 2.75) is 25.9 Å². The molecule has 14 heteroatoms. The van der Waals surface area contributed by atoms with Crippen molar-refractivity contribution in [2.75, 3.05) is 23.0 Å². The number of carbonyl (C=O) groups excluding carboxylic acids is 3. The van der Waals surface area contributed by atoms with Gasteiger partial charge in [-0.2, -0.15) is 18.4 Å². The second kappa shape index (κ2) is 13.7. The number of carbonyl (C=O) groups is 3. The average molecular weight is 645 g/mol. The van der Waals surface area contributed by atoms with Crippen LogP contribution in [0, 0.1) is 11.3 Å².